The van der Waals surface area contributed by atoms with Gasteiger partial charge in [-0.25, -0.2) is 0 Å². The summed E-state index contributed by atoms with van der Waals surface area (Å²) < 4.78 is 0. The second kappa shape index (κ2) is 21.0. The predicted octanol–water partition coefficient (Wildman–Crippen LogP) is 9.28. The van der Waals surface area contributed by atoms with E-state index in [2.05, 4.69) is 27.2 Å². The molecule has 0 N–H and O–H groups in total. The van der Waals surface area contributed by atoms with Gasteiger partial charge in [-0.3, -0.25) is 0 Å². The van der Waals surface area contributed by atoms with Crippen molar-refractivity contribution < 1.29 is 0 Å². The standard InChI is InChI=1S/C24H49/c1-4-6-8-10-12-13-14-15-17-19-21-23-24(3)22-20-18-16-11-9-7-5-2/h23-24H,4-22H2,1-3H3. The van der Waals surface area contributed by atoms with Gasteiger partial charge in [-0.05, 0) is 18.8 Å². The third-order valence-corrected chi connectivity index (χ3v) is 5.39. The molecular formula is C24H49. The Labute approximate surface area is 155 Å². The molecule has 0 aliphatic carbocycles. The largest absolute Gasteiger partial charge is 0.0654 e. The average molecular weight is 338 g/mol. The molecule has 0 heterocycles. The summed E-state index contributed by atoms with van der Waals surface area (Å²) >= 11 is 0. The zero-order chi connectivity index (χ0) is 17.7. The van der Waals surface area contributed by atoms with Gasteiger partial charge in [-0.1, -0.05) is 136 Å². The van der Waals surface area contributed by atoms with Crippen LogP contribution in [0, 0.1) is 12.3 Å². The molecule has 0 nitrogen and oxygen atoms in total. The number of hydrogen-bond donors (Lipinski definition) is 0. The summed E-state index contributed by atoms with van der Waals surface area (Å²) in [4.78, 5) is 0. The minimum Gasteiger partial charge on any atom is -0.0654 e. The Morgan fingerprint density at radius 3 is 1.33 bits per heavy atom. The van der Waals surface area contributed by atoms with Gasteiger partial charge in [-0.15, -0.1) is 0 Å². The zero-order valence-corrected chi connectivity index (χ0v) is 17.6. The van der Waals surface area contributed by atoms with Crippen molar-refractivity contribution in [1.82, 2.24) is 0 Å². The molecule has 0 amide bonds. The first kappa shape index (κ1) is 24.0. The van der Waals surface area contributed by atoms with E-state index >= 15 is 0 Å². The molecule has 1 unspecified atom stereocenters. The van der Waals surface area contributed by atoms with E-state index in [-0.39, 0.29) is 0 Å². The summed E-state index contributed by atoms with van der Waals surface area (Å²) in [5.41, 5.74) is 0. The maximum absolute atomic E-state index is 2.60. The van der Waals surface area contributed by atoms with Crippen molar-refractivity contribution in [3.8, 4) is 0 Å². The first-order chi connectivity index (χ1) is 11.8. The highest BCUT2D eigenvalue weighted by molar-refractivity contribution is 4.72. The van der Waals surface area contributed by atoms with Crippen LogP contribution in [0.2, 0.25) is 0 Å². The molecule has 0 saturated heterocycles. The van der Waals surface area contributed by atoms with Crippen LogP contribution >= 0.6 is 0 Å². The SMILES string of the molecule is CCCCCCCCCCCC[CH]C(C)CCCCCCCCC. The first-order valence-corrected chi connectivity index (χ1v) is 11.6. The molecule has 0 spiro atoms. The van der Waals surface area contributed by atoms with Gasteiger partial charge in [0.05, 0.1) is 0 Å². The maximum Gasteiger partial charge on any atom is -0.0358 e. The molecule has 0 aliphatic rings. The molecular weight excluding hydrogens is 288 g/mol. The minimum atomic E-state index is 0.846. The van der Waals surface area contributed by atoms with Crippen molar-refractivity contribution in [3.05, 3.63) is 6.42 Å². The first-order valence-electron chi connectivity index (χ1n) is 11.6. The summed E-state index contributed by atoms with van der Waals surface area (Å²) in [7, 11) is 0. The molecule has 0 aromatic carbocycles. The van der Waals surface area contributed by atoms with E-state index in [4.69, 9.17) is 0 Å². The second-order valence-corrected chi connectivity index (χ2v) is 8.09. The highest BCUT2D eigenvalue weighted by atomic mass is 14.1. The minimum absolute atomic E-state index is 0.846. The Morgan fingerprint density at radius 1 is 0.500 bits per heavy atom. The van der Waals surface area contributed by atoms with E-state index < -0.39 is 0 Å². The maximum atomic E-state index is 2.60. The van der Waals surface area contributed by atoms with Gasteiger partial charge in [0.25, 0.3) is 0 Å². The number of hydrogen-bond acceptors (Lipinski definition) is 0. The van der Waals surface area contributed by atoms with Crippen LogP contribution in [-0.2, 0) is 0 Å². The topological polar surface area (TPSA) is 0 Å². The van der Waals surface area contributed by atoms with E-state index in [0.717, 1.165) is 5.92 Å². The summed E-state index contributed by atoms with van der Waals surface area (Å²) in [6.07, 6.45) is 30.0. The summed E-state index contributed by atoms with van der Waals surface area (Å²) in [6, 6.07) is 0. The molecule has 0 heteroatoms. The molecule has 1 radical (unpaired) electrons. The fourth-order valence-electron chi connectivity index (χ4n) is 3.58. The summed E-state index contributed by atoms with van der Waals surface area (Å²) in [5.74, 6) is 0.846. The van der Waals surface area contributed by atoms with Gasteiger partial charge in [-0.2, -0.15) is 0 Å². The molecule has 0 fully saturated rings. The molecule has 0 bridgehead atoms. The van der Waals surface area contributed by atoms with Crippen molar-refractivity contribution in [2.75, 3.05) is 0 Å². The number of unbranched alkanes of at least 4 members (excludes halogenated alkanes) is 16. The van der Waals surface area contributed by atoms with Crippen LogP contribution in [0.4, 0.5) is 0 Å². The molecule has 24 heavy (non-hydrogen) atoms. The fourth-order valence-corrected chi connectivity index (χ4v) is 3.58. The molecule has 0 rings (SSSR count). The van der Waals surface area contributed by atoms with Gasteiger partial charge < -0.3 is 0 Å². The lowest BCUT2D eigenvalue weighted by Gasteiger charge is -2.10. The third-order valence-electron chi connectivity index (χ3n) is 5.39. The van der Waals surface area contributed by atoms with Gasteiger partial charge in [0.15, 0.2) is 0 Å². The Hall–Kier alpha value is 0. The van der Waals surface area contributed by atoms with Crippen LogP contribution in [0.1, 0.15) is 143 Å². The van der Waals surface area contributed by atoms with Gasteiger partial charge >= 0.3 is 0 Å². The van der Waals surface area contributed by atoms with Crippen molar-refractivity contribution in [2.45, 2.75) is 143 Å². The highest BCUT2D eigenvalue weighted by Crippen LogP contribution is 2.18. The van der Waals surface area contributed by atoms with Gasteiger partial charge in [0.2, 0.25) is 0 Å². The van der Waals surface area contributed by atoms with Crippen molar-refractivity contribution in [3.63, 3.8) is 0 Å². The van der Waals surface area contributed by atoms with E-state index in [9.17, 15) is 0 Å². The van der Waals surface area contributed by atoms with Crippen molar-refractivity contribution in [2.24, 2.45) is 5.92 Å². The molecule has 145 valence electrons. The van der Waals surface area contributed by atoms with Crippen LogP contribution < -0.4 is 0 Å². The zero-order valence-electron chi connectivity index (χ0n) is 17.6. The van der Waals surface area contributed by atoms with Crippen LogP contribution in [0.25, 0.3) is 0 Å². The lowest BCUT2D eigenvalue weighted by molar-refractivity contribution is 0.500. The molecule has 0 aliphatic heterocycles. The average Bonchev–Trinajstić information content (AvgIpc) is 2.59. The Bertz CT molecular complexity index is 208. The predicted molar refractivity (Wildman–Crippen MR) is 113 cm³/mol. The quantitative estimate of drug-likeness (QED) is 0.194. The van der Waals surface area contributed by atoms with Gasteiger partial charge in [0, 0.05) is 0 Å². The molecule has 0 aromatic heterocycles. The van der Waals surface area contributed by atoms with Crippen LogP contribution in [-0.4, -0.2) is 0 Å². The smallest absolute Gasteiger partial charge is 0.0358 e. The van der Waals surface area contributed by atoms with E-state index in [1.54, 1.807) is 0 Å². The van der Waals surface area contributed by atoms with Crippen molar-refractivity contribution >= 4 is 0 Å². The van der Waals surface area contributed by atoms with Crippen LogP contribution in [0.5, 0.6) is 0 Å². The Morgan fingerprint density at radius 2 is 0.875 bits per heavy atom. The van der Waals surface area contributed by atoms with E-state index in [0.29, 0.717) is 0 Å². The van der Waals surface area contributed by atoms with E-state index in [1.165, 1.54) is 122 Å². The van der Waals surface area contributed by atoms with Crippen LogP contribution in [0.15, 0.2) is 0 Å². The Kier molecular flexibility index (Phi) is 21.0. The fraction of sp³-hybridized carbons (Fsp3) is 0.958. The van der Waals surface area contributed by atoms with Crippen molar-refractivity contribution in [1.29, 1.82) is 0 Å². The third kappa shape index (κ3) is 20.0. The Balaban J connectivity index is 3.11. The van der Waals surface area contributed by atoms with Crippen LogP contribution in [0.3, 0.4) is 0 Å². The summed E-state index contributed by atoms with van der Waals surface area (Å²) in [6.45, 7) is 7.02. The lowest BCUT2D eigenvalue weighted by Crippen LogP contribution is -1.96. The lowest BCUT2D eigenvalue weighted by atomic mass is 9.95. The van der Waals surface area contributed by atoms with Gasteiger partial charge in [0.1, 0.15) is 0 Å². The van der Waals surface area contributed by atoms with E-state index in [1.807, 2.05) is 0 Å². The second-order valence-electron chi connectivity index (χ2n) is 8.09. The monoisotopic (exact) mass is 337 g/mol. The number of rotatable bonds is 20. The molecule has 0 saturated carbocycles. The highest BCUT2D eigenvalue weighted by Gasteiger charge is 2.02. The molecule has 0 aromatic rings. The molecule has 1 atom stereocenters. The normalized spacial score (nSPS) is 12.6. The summed E-state index contributed by atoms with van der Waals surface area (Å²) in [5, 5.41) is 0.